The zero-order chi connectivity index (χ0) is 9.84. The number of hydrogen-bond donors (Lipinski definition) is 3. The first-order chi connectivity index (χ1) is 6.16. The summed E-state index contributed by atoms with van der Waals surface area (Å²) < 4.78 is 4.88. The normalized spacial score (nSPS) is 9.62. The van der Waals surface area contributed by atoms with Gasteiger partial charge in [0, 0.05) is 0 Å². The van der Waals surface area contributed by atoms with E-state index in [-0.39, 0.29) is 23.0 Å². The Morgan fingerprint density at radius 1 is 1.46 bits per heavy atom. The molecule has 0 aromatic heterocycles. The lowest BCUT2D eigenvalue weighted by atomic mass is 10.2. The highest BCUT2D eigenvalue weighted by molar-refractivity contribution is 5.95. The van der Waals surface area contributed by atoms with Gasteiger partial charge in [-0.1, -0.05) is 6.07 Å². The largest absolute Gasteiger partial charge is 0.504 e. The van der Waals surface area contributed by atoms with Crippen molar-refractivity contribution in [3.05, 3.63) is 23.8 Å². The van der Waals surface area contributed by atoms with Crippen molar-refractivity contribution in [2.45, 2.75) is 6.92 Å². The first-order valence-corrected chi connectivity index (χ1v) is 3.89. The Kier molecular flexibility index (Phi) is 2.74. The van der Waals surface area contributed by atoms with Crippen LogP contribution in [0.1, 0.15) is 12.5 Å². The third-order valence-electron chi connectivity index (χ3n) is 1.55. The minimum Gasteiger partial charge on any atom is -0.504 e. The lowest BCUT2D eigenvalue weighted by molar-refractivity contribution is 0.322. The predicted molar refractivity (Wildman–Crippen MR) is 48.2 cm³/mol. The molecule has 1 aromatic rings. The fourth-order valence-corrected chi connectivity index (χ4v) is 0.937. The minimum absolute atomic E-state index is 0.143. The van der Waals surface area contributed by atoms with Crippen LogP contribution in [0.2, 0.25) is 0 Å². The molecule has 0 radical (unpaired) electrons. The van der Waals surface area contributed by atoms with Gasteiger partial charge in [-0.05, 0) is 19.1 Å². The van der Waals surface area contributed by atoms with E-state index in [1.165, 1.54) is 18.2 Å². The number of hydrogen-bond acceptors (Lipinski definition) is 4. The van der Waals surface area contributed by atoms with Gasteiger partial charge in [0.25, 0.3) is 0 Å². The fourth-order valence-electron chi connectivity index (χ4n) is 0.937. The maximum absolute atomic E-state index is 9.32. The van der Waals surface area contributed by atoms with Crippen molar-refractivity contribution in [2.75, 3.05) is 6.61 Å². The first-order valence-electron chi connectivity index (χ1n) is 3.89. The third kappa shape index (κ3) is 1.90. The van der Waals surface area contributed by atoms with Crippen LogP contribution < -0.4 is 0 Å². The Hall–Kier alpha value is -1.71. The molecule has 13 heavy (non-hydrogen) atoms. The molecular weight excluding hydrogens is 170 g/mol. The van der Waals surface area contributed by atoms with Gasteiger partial charge in [-0.2, -0.15) is 0 Å². The number of benzene rings is 1. The van der Waals surface area contributed by atoms with Crippen molar-refractivity contribution in [3.8, 4) is 11.5 Å². The Balaban J connectivity index is 3.01. The highest BCUT2D eigenvalue weighted by Crippen LogP contribution is 2.28. The molecule has 0 heterocycles. The second kappa shape index (κ2) is 3.80. The molecule has 0 aliphatic heterocycles. The van der Waals surface area contributed by atoms with Crippen LogP contribution in [0.15, 0.2) is 18.2 Å². The van der Waals surface area contributed by atoms with Gasteiger partial charge in [0.05, 0.1) is 12.2 Å². The Morgan fingerprint density at radius 2 is 2.15 bits per heavy atom. The van der Waals surface area contributed by atoms with Crippen LogP contribution >= 0.6 is 0 Å². The summed E-state index contributed by atoms with van der Waals surface area (Å²) in [6.07, 6.45) is 0. The maximum atomic E-state index is 9.32. The highest BCUT2D eigenvalue weighted by Gasteiger charge is 2.10. The van der Waals surface area contributed by atoms with E-state index in [1.54, 1.807) is 6.92 Å². The van der Waals surface area contributed by atoms with E-state index in [1.807, 2.05) is 0 Å². The van der Waals surface area contributed by atoms with Crippen molar-refractivity contribution >= 4 is 5.90 Å². The van der Waals surface area contributed by atoms with E-state index < -0.39 is 0 Å². The van der Waals surface area contributed by atoms with Crippen LogP contribution in [0.5, 0.6) is 11.5 Å². The molecule has 0 aliphatic rings. The topological polar surface area (TPSA) is 73.5 Å². The maximum Gasteiger partial charge on any atom is 0.217 e. The van der Waals surface area contributed by atoms with Crippen molar-refractivity contribution in [1.82, 2.24) is 0 Å². The van der Waals surface area contributed by atoms with E-state index >= 15 is 0 Å². The fraction of sp³-hybridized carbons (Fsp3) is 0.222. The molecule has 0 saturated carbocycles. The van der Waals surface area contributed by atoms with Gasteiger partial charge in [0.15, 0.2) is 11.5 Å². The summed E-state index contributed by atoms with van der Waals surface area (Å²) in [5.41, 5.74) is 0.196. The number of aromatic hydroxyl groups is 2. The Morgan fingerprint density at radius 3 is 2.77 bits per heavy atom. The molecule has 70 valence electrons. The van der Waals surface area contributed by atoms with Crippen LogP contribution in [0.25, 0.3) is 0 Å². The smallest absolute Gasteiger partial charge is 0.217 e. The average molecular weight is 181 g/mol. The summed E-state index contributed by atoms with van der Waals surface area (Å²) in [6.45, 7) is 2.10. The van der Waals surface area contributed by atoms with E-state index in [0.717, 1.165) is 0 Å². The average Bonchev–Trinajstić information content (AvgIpc) is 2.10. The number of para-hydroxylation sites is 1. The van der Waals surface area contributed by atoms with E-state index in [0.29, 0.717) is 6.61 Å². The molecule has 0 bridgehead atoms. The highest BCUT2D eigenvalue weighted by atomic mass is 16.5. The predicted octanol–water partition coefficient (Wildman–Crippen LogP) is 1.46. The molecule has 0 aliphatic carbocycles. The quantitative estimate of drug-likeness (QED) is 0.367. The molecule has 1 aromatic carbocycles. The lowest BCUT2D eigenvalue weighted by Crippen LogP contribution is -2.04. The minimum atomic E-state index is -0.319. The van der Waals surface area contributed by atoms with Crippen LogP contribution in [-0.4, -0.2) is 22.7 Å². The van der Waals surface area contributed by atoms with Crippen LogP contribution in [0.4, 0.5) is 0 Å². The number of nitrogens with one attached hydrogen (secondary N) is 1. The first kappa shape index (κ1) is 9.38. The summed E-state index contributed by atoms with van der Waals surface area (Å²) in [5.74, 6) is -0.709. The Bertz CT molecular complexity index is 323. The van der Waals surface area contributed by atoms with Crippen molar-refractivity contribution < 1.29 is 14.9 Å². The van der Waals surface area contributed by atoms with Gasteiger partial charge >= 0.3 is 0 Å². The van der Waals surface area contributed by atoms with Crippen molar-refractivity contribution in [2.24, 2.45) is 0 Å². The van der Waals surface area contributed by atoms with Crippen LogP contribution in [0, 0.1) is 5.41 Å². The molecule has 4 nitrogen and oxygen atoms in total. The second-order valence-corrected chi connectivity index (χ2v) is 2.44. The molecule has 4 heteroatoms. The summed E-state index contributed by atoms with van der Waals surface area (Å²) in [7, 11) is 0. The number of phenols is 2. The van der Waals surface area contributed by atoms with Gasteiger partial charge in [-0.3, -0.25) is 5.41 Å². The van der Waals surface area contributed by atoms with Crippen molar-refractivity contribution in [1.29, 1.82) is 5.41 Å². The van der Waals surface area contributed by atoms with Gasteiger partial charge in [-0.15, -0.1) is 0 Å². The number of ether oxygens (including phenoxy) is 1. The van der Waals surface area contributed by atoms with Gasteiger partial charge in [-0.25, -0.2) is 0 Å². The Labute approximate surface area is 75.9 Å². The monoisotopic (exact) mass is 181 g/mol. The summed E-state index contributed by atoms with van der Waals surface area (Å²) in [4.78, 5) is 0. The molecule has 0 saturated heterocycles. The SMILES string of the molecule is CCOC(=N)c1cccc(O)c1O. The molecule has 0 amide bonds. The van der Waals surface area contributed by atoms with Gasteiger partial charge < -0.3 is 14.9 Å². The molecule has 0 spiro atoms. The van der Waals surface area contributed by atoms with Gasteiger partial charge in [0.1, 0.15) is 0 Å². The second-order valence-electron chi connectivity index (χ2n) is 2.44. The van der Waals surface area contributed by atoms with Crippen molar-refractivity contribution in [3.63, 3.8) is 0 Å². The lowest BCUT2D eigenvalue weighted by Gasteiger charge is -2.07. The molecule has 0 fully saturated rings. The van der Waals surface area contributed by atoms with Crippen LogP contribution in [0.3, 0.4) is 0 Å². The summed E-state index contributed by atoms with van der Waals surface area (Å²) in [6, 6.07) is 4.39. The molecule has 1 rings (SSSR count). The molecule has 0 atom stereocenters. The molecule has 3 N–H and O–H groups in total. The molecular formula is C9H11NO3. The van der Waals surface area contributed by atoms with E-state index in [9.17, 15) is 5.11 Å². The van der Waals surface area contributed by atoms with E-state index in [2.05, 4.69) is 0 Å². The summed E-state index contributed by atoms with van der Waals surface area (Å²) >= 11 is 0. The molecule has 0 unspecified atom stereocenters. The van der Waals surface area contributed by atoms with Gasteiger partial charge in [0.2, 0.25) is 5.90 Å². The van der Waals surface area contributed by atoms with Crippen LogP contribution in [-0.2, 0) is 4.74 Å². The zero-order valence-electron chi connectivity index (χ0n) is 7.24. The standard InChI is InChI=1S/C9H11NO3/c1-2-13-9(10)6-4-3-5-7(11)8(6)12/h3-5,10-12H,2H2,1H3. The van der Waals surface area contributed by atoms with E-state index in [4.69, 9.17) is 15.3 Å². The third-order valence-corrected chi connectivity index (χ3v) is 1.55. The summed E-state index contributed by atoms with van der Waals surface area (Å²) in [5, 5.41) is 25.8. The number of phenolic OH excluding ortho intramolecular Hbond substituents is 2. The number of rotatable bonds is 2. The zero-order valence-corrected chi connectivity index (χ0v) is 7.24.